The van der Waals surface area contributed by atoms with E-state index < -0.39 is 0 Å². The van der Waals surface area contributed by atoms with Crippen LogP contribution in [0.5, 0.6) is 0 Å². The van der Waals surface area contributed by atoms with Gasteiger partial charge in [-0.25, -0.2) is 9.97 Å². The molecule has 4 aromatic heterocycles. The van der Waals surface area contributed by atoms with Gasteiger partial charge in [-0.05, 0) is 83.2 Å². The minimum atomic E-state index is 0.892. The highest BCUT2D eigenvalue weighted by Crippen LogP contribution is 2.43. The van der Waals surface area contributed by atoms with Crippen molar-refractivity contribution >= 4 is 65.8 Å². The van der Waals surface area contributed by atoms with E-state index in [0.29, 0.717) is 0 Å². The molecule has 0 amide bonds. The molecule has 0 bridgehead atoms. The number of hydrogen-bond acceptors (Lipinski definition) is 4. The number of anilines is 3. The summed E-state index contributed by atoms with van der Waals surface area (Å²) in [4.78, 5) is 12.9. The molecule has 0 saturated carbocycles. The number of thiophene rings is 1. The molecule has 10 rings (SSSR count). The van der Waals surface area contributed by atoms with Crippen molar-refractivity contribution in [1.29, 1.82) is 0 Å². The van der Waals surface area contributed by atoms with E-state index in [1.54, 1.807) is 6.33 Å². The molecule has 0 spiro atoms. The van der Waals surface area contributed by atoms with Crippen molar-refractivity contribution in [3.63, 3.8) is 0 Å². The summed E-state index contributed by atoms with van der Waals surface area (Å²) in [6, 6.07) is 56.1. The maximum atomic E-state index is 4.66. The standard InChI is InChI=1S/C44H28N4S/c1-3-9-33(10-4-1)47(34-11-5-2-6-12-34)35-21-19-31(20-22-35)41-27-40(45-28-46-41)30-17-15-29(16-18-30)32-25-38-36-13-7-8-14-42(36)48-43(38)39(26-32)37-23-24-49-44(37)48/h1-28H. The molecule has 0 atom stereocenters. The Morgan fingerprint density at radius 3 is 1.67 bits per heavy atom. The topological polar surface area (TPSA) is 33.4 Å². The Morgan fingerprint density at radius 2 is 1.00 bits per heavy atom. The highest BCUT2D eigenvalue weighted by atomic mass is 32.1. The fourth-order valence-electron chi connectivity index (χ4n) is 7.25. The van der Waals surface area contributed by atoms with Gasteiger partial charge in [-0.2, -0.15) is 0 Å². The molecular weight excluding hydrogens is 617 g/mol. The molecule has 0 aliphatic carbocycles. The average molecular weight is 645 g/mol. The summed E-state index contributed by atoms with van der Waals surface area (Å²) in [5.74, 6) is 0. The van der Waals surface area contributed by atoms with E-state index in [9.17, 15) is 0 Å². The average Bonchev–Trinajstić information content (AvgIpc) is 3.87. The summed E-state index contributed by atoms with van der Waals surface area (Å²) in [5.41, 5.74) is 12.2. The van der Waals surface area contributed by atoms with E-state index in [2.05, 4.69) is 170 Å². The molecular formula is C44H28N4S. The third-order valence-electron chi connectivity index (χ3n) is 9.54. The van der Waals surface area contributed by atoms with Gasteiger partial charge in [0, 0.05) is 49.7 Å². The van der Waals surface area contributed by atoms with Gasteiger partial charge in [0.05, 0.1) is 22.4 Å². The molecule has 6 aromatic carbocycles. The summed E-state index contributed by atoms with van der Waals surface area (Å²) in [6.07, 6.45) is 1.66. The van der Waals surface area contributed by atoms with E-state index in [-0.39, 0.29) is 0 Å². The summed E-state index contributed by atoms with van der Waals surface area (Å²) >= 11 is 1.81. The summed E-state index contributed by atoms with van der Waals surface area (Å²) in [5, 5.41) is 7.43. The largest absolute Gasteiger partial charge is 0.311 e. The summed E-state index contributed by atoms with van der Waals surface area (Å²) in [7, 11) is 0. The van der Waals surface area contributed by atoms with Crippen molar-refractivity contribution < 1.29 is 0 Å². The summed E-state index contributed by atoms with van der Waals surface area (Å²) in [6.45, 7) is 0. The minimum Gasteiger partial charge on any atom is -0.311 e. The van der Waals surface area contributed by atoms with Crippen LogP contribution < -0.4 is 4.90 Å². The number of nitrogens with zero attached hydrogens (tertiary/aromatic N) is 4. The Hall–Kier alpha value is -6.30. The van der Waals surface area contributed by atoms with Gasteiger partial charge < -0.3 is 4.90 Å². The molecule has 0 aliphatic heterocycles. The lowest BCUT2D eigenvalue weighted by atomic mass is 9.98. The van der Waals surface area contributed by atoms with Crippen LogP contribution in [-0.2, 0) is 0 Å². The summed E-state index contributed by atoms with van der Waals surface area (Å²) < 4.78 is 2.44. The lowest BCUT2D eigenvalue weighted by Crippen LogP contribution is -2.09. The second kappa shape index (κ2) is 11.2. The zero-order chi connectivity index (χ0) is 32.3. The molecule has 0 radical (unpaired) electrons. The van der Waals surface area contributed by atoms with Crippen LogP contribution in [0.2, 0.25) is 0 Å². The number of benzene rings is 6. The van der Waals surface area contributed by atoms with E-state index in [4.69, 9.17) is 0 Å². The molecule has 49 heavy (non-hydrogen) atoms. The first kappa shape index (κ1) is 27.8. The minimum absolute atomic E-state index is 0.892. The van der Waals surface area contributed by atoms with Crippen LogP contribution in [0.1, 0.15) is 0 Å². The molecule has 4 nitrogen and oxygen atoms in total. The Balaban J connectivity index is 0.979. The van der Waals surface area contributed by atoms with Crippen molar-refractivity contribution in [2.75, 3.05) is 4.90 Å². The molecule has 230 valence electrons. The number of rotatable bonds is 6. The second-order valence-electron chi connectivity index (χ2n) is 12.3. The van der Waals surface area contributed by atoms with Crippen LogP contribution in [0.4, 0.5) is 17.1 Å². The molecule has 4 heterocycles. The van der Waals surface area contributed by atoms with Crippen molar-refractivity contribution in [2.24, 2.45) is 0 Å². The molecule has 0 aliphatic rings. The van der Waals surface area contributed by atoms with Crippen LogP contribution in [0.25, 0.3) is 71.1 Å². The Labute approximate surface area is 287 Å². The SMILES string of the molecule is c1ccc(N(c2ccccc2)c2ccc(-c3cc(-c4ccc(-c5cc6c7ccccc7n7c8sccc8c(c5)c67)cc4)ncn3)cc2)cc1. The zero-order valence-electron chi connectivity index (χ0n) is 26.4. The molecule has 0 saturated heterocycles. The van der Waals surface area contributed by atoms with Crippen molar-refractivity contribution in [2.45, 2.75) is 0 Å². The van der Waals surface area contributed by atoms with Crippen molar-refractivity contribution in [1.82, 2.24) is 14.4 Å². The van der Waals surface area contributed by atoms with Gasteiger partial charge in [0.1, 0.15) is 11.2 Å². The third-order valence-corrected chi connectivity index (χ3v) is 10.4. The van der Waals surface area contributed by atoms with E-state index in [1.165, 1.54) is 48.5 Å². The highest BCUT2D eigenvalue weighted by Gasteiger charge is 2.19. The van der Waals surface area contributed by atoms with Crippen LogP contribution in [-0.4, -0.2) is 14.4 Å². The van der Waals surface area contributed by atoms with Gasteiger partial charge in [-0.15, -0.1) is 11.3 Å². The molecule has 5 heteroatoms. The second-order valence-corrected chi connectivity index (χ2v) is 13.2. The maximum Gasteiger partial charge on any atom is 0.116 e. The first-order valence-electron chi connectivity index (χ1n) is 16.4. The fourth-order valence-corrected chi connectivity index (χ4v) is 8.18. The van der Waals surface area contributed by atoms with Gasteiger partial charge in [-0.3, -0.25) is 4.40 Å². The first-order valence-corrected chi connectivity index (χ1v) is 17.3. The number of aromatic nitrogens is 3. The Kier molecular flexibility index (Phi) is 6.32. The van der Waals surface area contributed by atoms with E-state index in [0.717, 1.165) is 39.6 Å². The number of hydrogen-bond donors (Lipinski definition) is 0. The predicted octanol–water partition coefficient (Wildman–Crippen LogP) is 12.2. The Morgan fingerprint density at radius 1 is 0.449 bits per heavy atom. The van der Waals surface area contributed by atoms with Crippen LogP contribution in [0, 0.1) is 0 Å². The number of fused-ring (bicyclic) bond motifs is 6. The zero-order valence-corrected chi connectivity index (χ0v) is 27.2. The van der Waals surface area contributed by atoms with E-state index in [1.807, 2.05) is 23.5 Å². The smallest absolute Gasteiger partial charge is 0.116 e. The monoisotopic (exact) mass is 644 g/mol. The van der Waals surface area contributed by atoms with Crippen LogP contribution in [0.3, 0.4) is 0 Å². The van der Waals surface area contributed by atoms with E-state index >= 15 is 0 Å². The lowest BCUT2D eigenvalue weighted by Gasteiger charge is -2.25. The van der Waals surface area contributed by atoms with Gasteiger partial charge >= 0.3 is 0 Å². The third kappa shape index (κ3) is 4.51. The van der Waals surface area contributed by atoms with Gasteiger partial charge in [0.15, 0.2) is 0 Å². The van der Waals surface area contributed by atoms with Crippen LogP contribution in [0.15, 0.2) is 169 Å². The number of para-hydroxylation sites is 3. The normalized spacial score (nSPS) is 11.7. The lowest BCUT2D eigenvalue weighted by molar-refractivity contribution is 1.17. The maximum absolute atomic E-state index is 4.66. The van der Waals surface area contributed by atoms with Gasteiger partial charge in [-0.1, -0.05) is 91.0 Å². The fraction of sp³-hybridized carbons (Fsp3) is 0. The predicted molar refractivity (Wildman–Crippen MR) is 206 cm³/mol. The van der Waals surface area contributed by atoms with Crippen molar-refractivity contribution in [3.8, 4) is 33.6 Å². The molecule has 10 aromatic rings. The van der Waals surface area contributed by atoms with Crippen molar-refractivity contribution in [3.05, 3.63) is 169 Å². The molecule has 0 fully saturated rings. The van der Waals surface area contributed by atoms with Gasteiger partial charge in [0.2, 0.25) is 0 Å². The molecule has 0 N–H and O–H groups in total. The quantitative estimate of drug-likeness (QED) is 0.181. The first-order chi connectivity index (χ1) is 24.3. The molecule has 0 unspecified atom stereocenters. The van der Waals surface area contributed by atoms with Crippen LogP contribution >= 0.6 is 11.3 Å². The Bertz CT molecular complexity index is 2710. The van der Waals surface area contributed by atoms with Gasteiger partial charge in [0.25, 0.3) is 0 Å². The highest BCUT2D eigenvalue weighted by molar-refractivity contribution is 7.17.